The Hall–Kier alpha value is -1.23. The summed E-state index contributed by atoms with van der Waals surface area (Å²) in [7, 11) is 12.9. The molecule has 0 amide bonds. The highest BCUT2D eigenvalue weighted by atomic mass is 35.7. The molecule has 0 saturated carbocycles. The van der Waals surface area contributed by atoms with Crippen molar-refractivity contribution in [2.24, 2.45) is 0 Å². The number of benzene rings is 1. The molecular formula is C14H12AlCl3O6. The second kappa shape index (κ2) is 9.92. The van der Waals surface area contributed by atoms with Gasteiger partial charge in [0.15, 0.2) is 5.57 Å². The number of Topliss-reactive ketones (excluding diaryl/α,β-unsaturated/α-hetero) is 1. The van der Waals surface area contributed by atoms with E-state index < -0.39 is 35.2 Å². The van der Waals surface area contributed by atoms with Crippen LogP contribution in [0.5, 0.6) is 5.75 Å². The summed E-state index contributed by atoms with van der Waals surface area (Å²) >= 11 is 2.46. The Bertz CT molecular complexity index is 657. The number of halogens is 3. The molecule has 128 valence electrons. The molecule has 0 atom stereocenters. The zero-order valence-corrected chi connectivity index (χ0v) is 16.1. The first-order valence-corrected chi connectivity index (χ1v) is 10.9. The molecule has 0 spiro atoms. The predicted octanol–water partition coefficient (Wildman–Crippen LogP) is 2.78. The van der Waals surface area contributed by atoms with Crippen LogP contribution in [0.2, 0.25) is 0 Å². The molecule has 6 nitrogen and oxygen atoms in total. The highest BCUT2D eigenvalue weighted by molar-refractivity contribution is 7.31. The summed E-state index contributed by atoms with van der Waals surface area (Å²) in [4.78, 5) is 35.4. The lowest BCUT2D eigenvalue weighted by atomic mass is 10.1. The fourth-order valence-electron chi connectivity index (χ4n) is 1.69. The van der Waals surface area contributed by atoms with Crippen LogP contribution in [-0.4, -0.2) is 43.4 Å². The number of methoxy groups -OCH3 is 1. The minimum absolute atomic E-state index is 0.0232. The number of rotatable bonds is 8. The van der Waals surface area contributed by atoms with Crippen molar-refractivity contribution in [3.8, 4) is 5.75 Å². The van der Waals surface area contributed by atoms with E-state index in [0.717, 1.165) is 0 Å². The summed E-state index contributed by atoms with van der Waals surface area (Å²) in [5.74, 6) is -2.08. The van der Waals surface area contributed by atoms with Crippen molar-refractivity contribution < 1.29 is 27.6 Å². The second-order valence-corrected chi connectivity index (χ2v) is 8.28. The molecule has 0 unspecified atom stereocenters. The van der Waals surface area contributed by atoms with E-state index in [1.165, 1.54) is 26.2 Å². The first-order valence-electron chi connectivity index (χ1n) is 6.56. The number of ether oxygens (including phenoxy) is 2. The van der Waals surface area contributed by atoms with E-state index in [1.54, 1.807) is 12.1 Å². The van der Waals surface area contributed by atoms with Gasteiger partial charge < -0.3 is 13.3 Å². The third kappa shape index (κ3) is 5.69. The van der Waals surface area contributed by atoms with Gasteiger partial charge in [-0.3, -0.25) is 9.59 Å². The van der Waals surface area contributed by atoms with Gasteiger partial charge in [-0.1, -0.05) is 0 Å². The molecule has 0 heterocycles. The lowest BCUT2D eigenvalue weighted by Gasteiger charge is -2.16. The van der Waals surface area contributed by atoms with Gasteiger partial charge in [0, 0.05) is 5.56 Å². The molecule has 0 aliphatic rings. The van der Waals surface area contributed by atoms with Crippen molar-refractivity contribution in [3.05, 3.63) is 35.4 Å². The monoisotopic (exact) mass is 408 g/mol. The summed E-state index contributed by atoms with van der Waals surface area (Å²) < 4.78 is 15.1. The maximum Gasteiger partial charge on any atom is 0.815 e. The Morgan fingerprint density at radius 3 is 2.12 bits per heavy atom. The molecule has 24 heavy (non-hydrogen) atoms. The largest absolute Gasteiger partial charge is 0.815 e. The van der Waals surface area contributed by atoms with Crippen LogP contribution in [0.3, 0.4) is 0 Å². The van der Waals surface area contributed by atoms with Crippen molar-refractivity contribution in [1.82, 2.24) is 0 Å². The summed E-state index contributed by atoms with van der Waals surface area (Å²) in [6, 6.07) is 6.13. The fraction of sp³-hybridized carbons (Fsp3) is 0.214. The van der Waals surface area contributed by atoms with E-state index in [9.17, 15) is 14.4 Å². The van der Waals surface area contributed by atoms with E-state index in [1.807, 2.05) is 0 Å². The Kier molecular flexibility index (Phi) is 8.61. The Labute approximate surface area is 156 Å². The van der Waals surface area contributed by atoms with Gasteiger partial charge in [-0.15, -0.1) is 0 Å². The molecule has 0 saturated heterocycles. The highest BCUT2D eigenvalue weighted by Crippen LogP contribution is 2.27. The predicted molar refractivity (Wildman–Crippen MR) is 91.0 cm³/mol. The van der Waals surface area contributed by atoms with E-state index in [0.29, 0.717) is 5.75 Å². The molecular weight excluding hydrogens is 397 g/mol. The van der Waals surface area contributed by atoms with Gasteiger partial charge in [0.05, 0.1) is 13.7 Å². The number of carbonyl (C=O) groups excluding carboxylic acids is 3. The van der Waals surface area contributed by atoms with E-state index in [2.05, 4.69) is 0 Å². The quantitative estimate of drug-likeness (QED) is 0.0960. The third-order valence-corrected chi connectivity index (χ3v) is 3.79. The molecule has 10 heteroatoms. The molecule has 0 N–H and O–H groups in total. The number of ketones is 1. The number of hydrogen-bond acceptors (Lipinski definition) is 6. The normalized spacial score (nSPS) is 11.2. The SMILES string of the molecule is CCOC(=O)/C(C(=O)C(=O)Cl)=C(\[O][Al]([Cl])[Cl])c1ccc(OC)cc1. The fourth-order valence-corrected chi connectivity index (χ4v) is 2.75. The first kappa shape index (κ1) is 20.8. The van der Waals surface area contributed by atoms with Gasteiger partial charge in [-0.05, 0) is 42.8 Å². The molecule has 1 rings (SSSR count). The Morgan fingerprint density at radius 1 is 1.12 bits per heavy atom. The van der Waals surface area contributed by atoms with Gasteiger partial charge in [-0.25, -0.2) is 4.79 Å². The maximum atomic E-state index is 12.1. The molecule has 0 radical (unpaired) electrons. The summed E-state index contributed by atoms with van der Waals surface area (Å²) in [5, 5.41) is -1.37. The van der Waals surface area contributed by atoms with Crippen LogP contribution in [-0.2, 0) is 22.9 Å². The van der Waals surface area contributed by atoms with Crippen LogP contribution in [0, 0.1) is 0 Å². The van der Waals surface area contributed by atoms with E-state index >= 15 is 0 Å². The Morgan fingerprint density at radius 2 is 1.71 bits per heavy atom. The summed E-state index contributed by atoms with van der Waals surface area (Å²) in [6.07, 6.45) is 0. The summed E-state index contributed by atoms with van der Waals surface area (Å²) in [5.41, 5.74) is -0.385. The molecule has 0 fully saturated rings. The topological polar surface area (TPSA) is 78.9 Å². The summed E-state index contributed by atoms with van der Waals surface area (Å²) in [6.45, 7) is 1.52. The van der Waals surface area contributed by atoms with E-state index in [-0.39, 0.29) is 17.9 Å². The van der Waals surface area contributed by atoms with Crippen molar-refractivity contribution in [2.45, 2.75) is 6.92 Å². The molecule has 1 aromatic carbocycles. The zero-order chi connectivity index (χ0) is 18.3. The lowest BCUT2D eigenvalue weighted by Crippen LogP contribution is -2.23. The lowest BCUT2D eigenvalue weighted by molar-refractivity contribution is -0.141. The standard InChI is InChI=1S/C14H13ClO6.Al.2ClH/c1-3-21-14(19)10(12(17)13(15)18)11(16)8-4-6-9(20-2)7-5-8;;;/h4-7,16H,3H2,1-2H3;;2*1H/q;+3;;/p-3/b11-10-;;;. The van der Waals surface area contributed by atoms with Crippen LogP contribution < -0.4 is 4.74 Å². The molecule has 0 aromatic heterocycles. The molecule has 0 bridgehead atoms. The number of esters is 1. The molecule has 0 aliphatic heterocycles. The van der Waals surface area contributed by atoms with Crippen molar-refractivity contribution >= 4 is 67.1 Å². The van der Waals surface area contributed by atoms with Crippen LogP contribution in [0.15, 0.2) is 29.8 Å². The average Bonchev–Trinajstić information content (AvgIpc) is 2.54. The number of hydrogen-bond donors (Lipinski definition) is 0. The van der Waals surface area contributed by atoms with Crippen molar-refractivity contribution in [3.63, 3.8) is 0 Å². The second-order valence-electron chi connectivity index (χ2n) is 4.13. The third-order valence-electron chi connectivity index (χ3n) is 2.67. The number of carbonyl (C=O) groups is 3. The Balaban J connectivity index is 3.56. The van der Waals surface area contributed by atoms with Gasteiger partial charge in [0.1, 0.15) is 11.5 Å². The zero-order valence-electron chi connectivity index (χ0n) is 12.7. The van der Waals surface area contributed by atoms with Gasteiger partial charge in [0.2, 0.25) is 0 Å². The van der Waals surface area contributed by atoms with Crippen LogP contribution in [0.4, 0.5) is 0 Å². The average molecular weight is 410 g/mol. The molecule has 0 aliphatic carbocycles. The van der Waals surface area contributed by atoms with E-state index in [4.69, 9.17) is 45.0 Å². The van der Waals surface area contributed by atoms with Gasteiger partial charge >= 0.3 is 18.6 Å². The molecule has 1 aromatic rings. The van der Waals surface area contributed by atoms with Gasteiger partial charge in [-0.2, -0.15) is 20.1 Å². The van der Waals surface area contributed by atoms with Crippen molar-refractivity contribution in [2.75, 3.05) is 13.7 Å². The highest BCUT2D eigenvalue weighted by Gasteiger charge is 2.33. The van der Waals surface area contributed by atoms with Gasteiger partial charge in [0.25, 0.3) is 11.0 Å². The van der Waals surface area contributed by atoms with Crippen LogP contribution >= 0.6 is 31.7 Å². The smallest absolute Gasteiger partial charge is 0.619 e. The van der Waals surface area contributed by atoms with Crippen LogP contribution in [0.1, 0.15) is 12.5 Å². The minimum Gasteiger partial charge on any atom is -0.619 e. The minimum atomic E-state index is -2.77. The van der Waals surface area contributed by atoms with Crippen LogP contribution in [0.25, 0.3) is 5.76 Å². The maximum absolute atomic E-state index is 12.1. The van der Waals surface area contributed by atoms with Crippen molar-refractivity contribution in [1.29, 1.82) is 0 Å². The first-order chi connectivity index (χ1) is 11.3.